The van der Waals surface area contributed by atoms with E-state index in [1.165, 1.54) is 0 Å². The van der Waals surface area contributed by atoms with Crippen LogP contribution in [0, 0.1) is 0 Å². The number of sulfonamides is 1. The van der Waals surface area contributed by atoms with Crippen molar-refractivity contribution in [3.05, 3.63) is 0 Å². The van der Waals surface area contributed by atoms with Crippen molar-refractivity contribution < 1.29 is 57.8 Å². The van der Waals surface area contributed by atoms with Crippen LogP contribution in [0.15, 0.2) is 0 Å². The Morgan fingerprint density at radius 3 is 1.74 bits per heavy atom. The highest BCUT2D eigenvalue weighted by Gasteiger charge is 2.85. The maximum absolute atomic E-state index is 13.1. The van der Waals surface area contributed by atoms with E-state index in [0.29, 0.717) is 0 Å². The molecule has 0 aliphatic carbocycles. The summed E-state index contributed by atoms with van der Waals surface area (Å²) in [5.41, 5.74) is 0. The summed E-state index contributed by atoms with van der Waals surface area (Å²) in [5.74, 6) is -14.6. The van der Waals surface area contributed by atoms with Gasteiger partial charge in [-0.1, -0.05) is 0 Å². The molecule has 0 aromatic heterocycles. The number of nitrogens with one attached hydrogen (secondary N) is 1. The summed E-state index contributed by atoms with van der Waals surface area (Å²) in [7, 11) is -6.60. The number of rotatable bonds is 9. The Morgan fingerprint density at radius 2 is 1.35 bits per heavy atom. The van der Waals surface area contributed by atoms with Crippen LogP contribution in [0.3, 0.4) is 0 Å². The number of aliphatic hydroxyl groups excluding tert-OH is 1. The maximum atomic E-state index is 13.1. The third-order valence-corrected chi connectivity index (χ3v) is 3.74. The van der Waals surface area contributed by atoms with Crippen molar-refractivity contribution in [3.63, 3.8) is 0 Å². The van der Waals surface area contributed by atoms with Gasteiger partial charge in [-0.15, -0.1) is 0 Å². The molecule has 0 bridgehead atoms. The van der Waals surface area contributed by atoms with Crippen molar-refractivity contribution in [3.8, 4) is 0 Å². The first-order chi connectivity index (χ1) is 10.1. The van der Waals surface area contributed by atoms with Crippen LogP contribution in [0.25, 0.3) is 0 Å². The number of ether oxygens (including phenoxy) is 1. The fourth-order valence-electron chi connectivity index (χ4n) is 1.03. The Labute approximate surface area is 123 Å². The van der Waals surface area contributed by atoms with Crippen LogP contribution in [0.2, 0.25) is 0 Å². The predicted octanol–water partition coefficient (Wildman–Crippen LogP) is 1.34. The van der Waals surface area contributed by atoms with Gasteiger partial charge in [-0.05, 0) is 0 Å². The molecule has 140 valence electrons. The summed E-state index contributed by atoms with van der Waals surface area (Å²) in [6, 6.07) is 0. The molecule has 5 nitrogen and oxygen atoms in total. The summed E-state index contributed by atoms with van der Waals surface area (Å²) in [5, 5.41) is 1.49. The van der Waals surface area contributed by atoms with E-state index in [0.717, 1.165) is 4.72 Å². The zero-order valence-electron chi connectivity index (χ0n) is 10.8. The normalized spacial score (nSPS) is 15.0. The van der Waals surface area contributed by atoms with Crippen LogP contribution in [0.4, 0.5) is 39.5 Å². The van der Waals surface area contributed by atoms with Gasteiger partial charge in [0.05, 0.1) is 19.8 Å². The van der Waals surface area contributed by atoms with Gasteiger partial charge in [-0.25, -0.2) is 13.1 Å². The van der Waals surface area contributed by atoms with Gasteiger partial charge in [0.15, 0.2) is 0 Å². The summed E-state index contributed by atoms with van der Waals surface area (Å²) in [4.78, 5) is 0. The second kappa shape index (κ2) is 6.98. The Bertz CT molecular complexity index is 490. The summed E-state index contributed by atoms with van der Waals surface area (Å²) >= 11 is 0. The third-order valence-electron chi connectivity index (χ3n) is 2.23. The van der Waals surface area contributed by atoms with E-state index in [4.69, 9.17) is 5.11 Å². The van der Waals surface area contributed by atoms with Gasteiger partial charge in [0.2, 0.25) is 0 Å². The lowest BCUT2D eigenvalue weighted by Crippen LogP contribution is -2.65. The van der Waals surface area contributed by atoms with E-state index >= 15 is 0 Å². The van der Waals surface area contributed by atoms with Crippen molar-refractivity contribution in [2.75, 3.05) is 26.4 Å². The Hall–Kier alpha value is -0.800. The zero-order chi connectivity index (χ0) is 18.7. The SMILES string of the molecule is O=S(=O)(NCCOCCO)C(F)(F)C(F)(F)C(F)(F)C(F)(F)F. The van der Waals surface area contributed by atoms with Gasteiger partial charge < -0.3 is 9.84 Å². The molecule has 0 atom stereocenters. The first kappa shape index (κ1) is 22.2. The highest BCUT2D eigenvalue weighted by atomic mass is 32.2. The fraction of sp³-hybridized carbons (Fsp3) is 1.00. The molecule has 0 aliphatic heterocycles. The lowest BCUT2D eigenvalue weighted by atomic mass is 10.1. The highest BCUT2D eigenvalue weighted by molar-refractivity contribution is 7.90. The summed E-state index contributed by atoms with van der Waals surface area (Å²) < 4.78 is 140. The molecule has 0 heterocycles. The predicted molar refractivity (Wildman–Crippen MR) is 55.7 cm³/mol. The molecule has 0 amide bonds. The number of aliphatic hydroxyl groups is 1. The largest absolute Gasteiger partial charge is 0.460 e. The van der Waals surface area contributed by atoms with Gasteiger partial charge in [-0.3, -0.25) is 0 Å². The van der Waals surface area contributed by atoms with Crippen LogP contribution in [-0.4, -0.2) is 63.2 Å². The van der Waals surface area contributed by atoms with Crippen molar-refractivity contribution in [1.29, 1.82) is 0 Å². The number of hydrogen-bond acceptors (Lipinski definition) is 4. The Kier molecular flexibility index (Phi) is 6.74. The van der Waals surface area contributed by atoms with Crippen molar-refractivity contribution in [2.24, 2.45) is 0 Å². The monoisotopic (exact) mass is 387 g/mol. The summed E-state index contributed by atoms with van der Waals surface area (Å²) in [6.45, 7) is -2.82. The zero-order valence-corrected chi connectivity index (χ0v) is 11.6. The second-order valence-corrected chi connectivity index (χ2v) is 5.71. The van der Waals surface area contributed by atoms with Gasteiger partial charge >= 0.3 is 23.3 Å². The minimum Gasteiger partial charge on any atom is -0.394 e. The smallest absolute Gasteiger partial charge is 0.394 e. The molecule has 0 aromatic carbocycles. The molecule has 0 saturated heterocycles. The molecule has 0 unspecified atom stereocenters. The number of alkyl halides is 9. The molecule has 15 heteroatoms. The third kappa shape index (κ3) is 4.19. The first-order valence-electron chi connectivity index (χ1n) is 5.44. The molecular formula is C8H10F9NO4S. The van der Waals surface area contributed by atoms with Crippen LogP contribution >= 0.6 is 0 Å². The lowest BCUT2D eigenvalue weighted by molar-refractivity contribution is -0.382. The molecule has 0 aliphatic rings. The first-order valence-corrected chi connectivity index (χ1v) is 6.92. The standard InChI is InChI=1S/C8H10F9NO4S/c9-5(10,7(13,14)15)6(11,12)8(16,17)23(20,21)18-1-3-22-4-2-19/h18-19H,1-4H2. The lowest BCUT2D eigenvalue weighted by Gasteiger charge is -2.33. The molecule has 2 N–H and O–H groups in total. The Balaban J connectivity index is 5.35. The molecule has 0 spiro atoms. The molecule has 0 radical (unpaired) electrons. The molecule has 0 aromatic rings. The highest BCUT2D eigenvalue weighted by Crippen LogP contribution is 2.54. The van der Waals surface area contributed by atoms with Crippen LogP contribution in [-0.2, 0) is 14.8 Å². The van der Waals surface area contributed by atoms with Crippen molar-refractivity contribution >= 4 is 10.0 Å². The Morgan fingerprint density at radius 1 is 0.870 bits per heavy atom. The van der Waals surface area contributed by atoms with Crippen LogP contribution < -0.4 is 4.72 Å². The van der Waals surface area contributed by atoms with Gasteiger partial charge in [0.1, 0.15) is 0 Å². The van der Waals surface area contributed by atoms with E-state index in [-0.39, 0.29) is 6.61 Å². The van der Waals surface area contributed by atoms with Crippen molar-refractivity contribution in [1.82, 2.24) is 4.72 Å². The average molecular weight is 387 g/mol. The topological polar surface area (TPSA) is 75.6 Å². The molecule has 0 rings (SSSR count). The average Bonchev–Trinajstić information content (AvgIpc) is 2.36. The van der Waals surface area contributed by atoms with E-state index in [1.54, 1.807) is 0 Å². The van der Waals surface area contributed by atoms with E-state index < -0.39 is 53.1 Å². The van der Waals surface area contributed by atoms with Gasteiger partial charge in [0, 0.05) is 6.54 Å². The number of hydrogen-bond donors (Lipinski definition) is 2. The van der Waals surface area contributed by atoms with Gasteiger partial charge in [-0.2, -0.15) is 39.5 Å². The molecule has 23 heavy (non-hydrogen) atoms. The second-order valence-electron chi connectivity index (χ2n) is 3.90. The van der Waals surface area contributed by atoms with Gasteiger partial charge in [0.25, 0.3) is 10.0 Å². The fourth-order valence-corrected chi connectivity index (χ4v) is 2.03. The van der Waals surface area contributed by atoms with E-state index in [9.17, 15) is 47.9 Å². The maximum Gasteiger partial charge on any atom is 0.460 e. The van der Waals surface area contributed by atoms with Crippen molar-refractivity contribution in [2.45, 2.75) is 23.3 Å². The number of halogens is 9. The minimum absolute atomic E-state index is 0.388. The molecule has 0 saturated carbocycles. The molecular weight excluding hydrogens is 377 g/mol. The quantitative estimate of drug-likeness (QED) is 0.463. The van der Waals surface area contributed by atoms with E-state index in [1.807, 2.05) is 0 Å². The van der Waals surface area contributed by atoms with E-state index in [2.05, 4.69) is 4.74 Å². The summed E-state index contributed by atoms with van der Waals surface area (Å²) in [6.07, 6.45) is -7.11. The van der Waals surface area contributed by atoms with Crippen LogP contribution in [0.5, 0.6) is 0 Å². The minimum atomic E-state index is -7.30. The van der Waals surface area contributed by atoms with Crippen LogP contribution in [0.1, 0.15) is 0 Å². The molecule has 0 fully saturated rings.